The van der Waals surface area contributed by atoms with Crippen LogP contribution in [-0.2, 0) is 4.74 Å². The SMILES string of the molecule is C=CC[C@@]1(CC)C[C@@H]2O[C@@H]2[C@@H]1O. The fourth-order valence-electron chi connectivity index (χ4n) is 2.46. The molecular weight excluding hydrogens is 152 g/mol. The lowest BCUT2D eigenvalue weighted by atomic mass is 9.77. The molecule has 2 heteroatoms. The van der Waals surface area contributed by atoms with Gasteiger partial charge in [0.1, 0.15) is 6.10 Å². The molecule has 1 aliphatic carbocycles. The highest BCUT2D eigenvalue weighted by atomic mass is 16.6. The summed E-state index contributed by atoms with van der Waals surface area (Å²) in [6, 6.07) is 0. The van der Waals surface area contributed by atoms with E-state index in [1.165, 1.54) is 0 Å². The molecule has 2 nitrogen and oxygen atoms in total. The Morgan fingerprint density at radius 2 is 2.50 bits per heavy atom. The lowest BCUT2D eigenvalue weighted by Crippen LogP contribution is -2.33. The van der Waals surface area contributed by atoms with Gasteiger partial charge in [0.05, 0.1) is 12.2 Å². The molecule has 0 spiro atoms. The third-order valence-electron chi connectivity index (χ3n) is 3.42. The Hall–Kier alpha value is -0.340. The number of aliphatic hydroxyl groups is 1. The summed E-state index contributed by atoms with van der Waals surface area (Å²) in [4.78, 5) is 0. The second-order valence-corrected chi connectivity index (χ2v) is 4.00. The van der Waals surface area contributed by atoms with Crippen LogP contribution in [0.3, 0.4) is 0 Å². The van der Waals surface area contributed by atoms with Crippen LogP contribution in [0.15, 0.2) is 12.7 Å². The number of rotatable bonds is 3. The second kappa shape index (κ2) is 2.57. The van der Waals surface area contributed by atoms with E-state index in [0.717, 1.165) is 19.3 Å². The zero-order valence-electron chi connectivity index (χ0n) is 7.49. The van der Waals surface area contributed by atoms with E-state index in [1.807, 2.05) is 6.08 Å². The molecule has 0 amide bonds. The van der Waals surface area contributed by atoms with Crippen LogP contribution in [0, 0.1) is 5.41 Å². The number of hydrogen-bond donors (Lipinski definition) is 1. The Labute approximate surface area is 73.2 Å². The van der Waals surface area contributed by atoms with Gasteiger partial charge in [-0.05, 0) is 19.3 Å². The topological polar surface area (TPSA) is 32.8 Å². The standard InChI is InChI=1S/C10H16O2/c1-3-5-10(4-2)6-7-8(12-7)9(10)11/h3,7-9,11H,1,4-6H2,2H3/t7-,8-,9-,10-/m0/s1. The molecule has 2 aliphatic rings. The van der Waals surface area contributed by atoms with Crippen LogP contribution < -0.4 is 0 Å². The summed E-state index contributed by atoms with van der Waals surface area (Å²) in [5.74, 6) is 0. The minimum absolute atomic E-state index is 0.0787. The molecule has 0 bridgehead atoms. The van der Waals surface area contributed by atoms with E-state index in [4.69, 9.17) is 4.74 Å². The average molecular weight is 168 g/mol. The van der Waals surface area contributed by atoms with Crippen LogP contribution in [0.4, 0.5) is 0 Å². The highest BCUT2D eigenvalue weighted by molar-refractivity contribution is 5.11. The fourth-order valence-corrected chi connectivity index (χ4v) is 2.46. The van der Waals surface area contributed by atoms with Crippen molar-refractivity contribution in [2.45, 2.75) is 44.5 Å². The molecule has 1 saturated heterocycles. The zero-order valence-corrected chi connectivity index (χ0v) is 7.49. The Bertz CT molecular complexity index is 202. The summed E-state index contributed by atoms with van der Waals surface area (Å²) in [7, 11) is 0. The highest BCUT2D eigenvalue weighted by Crippen LogP contribution is 2.53. The van der Waals surface area contributed by atoms with E-state index in [0.29, 0.717) is 6.10 Å². The van der Waals surface area contributed by atoms with E-state index in [2.05, 4.69) is 13.5 Å². The van der Waals surface area contributed by atoms with Crippen molar-refractivity contribution in [1.29, 1.82) is 0 Å². The van der Waals surface area contributed by atoms with E-state index in [9.17, 15) is 5.11 Å². The summed E-state index contributed by atoms with van der Waals surface area (Å²) < 4.78 is 5.28. The maximum atomic E-state index is 9.91. The smallest absolute Gasteiger partial charge is 0.111 e. The van der Waals surface area contributed by atoms with Crippen molar-refractivity contribution in [3.63, 3.8) is 0 Å². The van der Waals surface area contributed by atoms with Crippen molar-refractivity contribution in [3.8, 4) is 0 Å². The van der Waals surface area contributed by atoms with Gasteiger partial charge >= 0.3 is 0 Å². The molecule has 1 saturated carbocycles. The first-order chi connectivity index (χ1) is 5.73. The van der Waals surface area contributed by atoms with Crippen LogP contribution in [0.1, 0.15) is 26.2 Å². The van der Waals surface area contributed by atoms with Gasteiger partial charge in [-0.25, -0.2) is 0 Å². The largest absolute Gasteiger partial charge is 0.390 e. The van der Waals surface area contributed by atoms with Crippen molar-refractivity contribution in [1.82, 2.24) is 0 Å². The van der Waals surface area contributed by atoms with E-state index in [1.54, 1.807) is 0 Å². The summed E-state index contributed by atoms with van der Waals surface area (Å²) in [5, 5.41) is 9.91. The van der Waals surface area contributed by atoms with Crippen molar-refractivity contribution >= 4 is 0 Å². The van der Waals surface area contributed by atoms with Gasteiger partial charge < -0.3 is 9.84 Å². The third-order valence-corrected chi connectivity index (χ3v) is 3.42. The van der Waals surface area contributed by atoms with Gasteiger partial charge in [-0.15, -0.1) is 6.58 Å². The molecule has 68 valence electrons. The van der Waals surface area contributed by atoms with Gasteiger partial charge in [0, 0.05) is 5.41 Å². The van der Waals surface area contributed by atoms with Gasteiger partial charge in [0.2, 0.25) is 0 Å². The Balaban J connectivity index is 2.12. The number of epoxide rings is 1. The molecule has 0 aromatic heterocycles. The van der Waals surface area contributed by atoms with Crippen molar-refractivity contribution in [2.75, 3.05) is 0 Å². The maximum Gasteiger partial charge on any atom is 0.111 e. The first-order valence-electron chi connectivity index (χ1n) is 4.68. The van der Waals surface area contributed by atoms with Crippen LogP contribution >= 0.6 is 0 Å². The normalized spacial score (nSPS) is 50.3. The molecule has 4 atom stereocenters. The van der Waals surface area contributed by atoms with E-state index < -0.39 is 0 Å². The van der Waals surface area contributed by atoms with E-state index >= 15 is 0 Å². The van der Waals surface area contributed by atoms with Gasteiger partial charge in [-0.3, -0.25) is 0 Å². The molecule has 0 aromatic carbocycles. The predicted octanol–water partition coefficient (Wildman–Crippen LogP) is 1.49. The van der Waals surface area contributed by atoms with Crippen LogP contribution in [-0.4, -0.2) is 23.4 Å². The molecular formula is C10H16O2. The van der Waals surface area contributed by atoms with Crippen molar-refractivity contribution in [3.05, 3.63) is 12.7 Å². The lowest BCUT2D eigenvalue weighted by Gasteiger charge is -2.32. The monoisotopic (exact) mass is 168 g/mol. The first-order valence-corrected chi connectivity index (χ1v) is 4.68. The molecule has 2 rings (SSSR count). The van der Waals surface area contributed by atoms with E-state index in [-0.39, 0.29) is 17.6 Å². The fraction of sp³-hybridized carbons (Fsp3) is 0.800. The Morgan fingerprint density at radius 1 is 1.75 bits per heavy atom. The summed E-state index contributed by atoms with van der Waals surface area (Å²) in [5.41, 5.74) is 0.0787. The quantitative estimate of drug-likeness (QED) is 0.511. The Morgan fingerprint density at radius 3 is 2.92 bits per heavy atom. The van der Waals surface area contributed by atoms with Gasteiger partial charge in [0.25, 0.3) is 0 Å². The minimum Gasteiger partial charge on any atom is -0.390 e. The number of aliphatic hydroxyl groups excluding tert-OH is 1. The number of fused-ring (bicyclic) bond motifs is 1. The molecule has 1 heterocycles. The van der Waals surface area contributed by atoms with Crippen LogP contribution in [0.5, 0.6) is 0 Å². The first kappa shape index (κ1) is 8.27. The summed E-state index contributed by atoms with van der Waals surface area (Å²) in [6.07, 6.45) is 5.10. The summed E-state index contributed by atoms with van der Waals surface area (Å²) >= 11 is 0. The highest BCUT2D eigenvalue weighted by Gasteiger charge is 2.61. The van der Waals surface area contributed by atoms with Gasteiger partial charge in [-0.1, -0.05) is 13.0 Å². The molecule has 2 fully saturated rings. The van der Waals surface area contributed by atoms with Crippen LogP contribution in [0.2, 0.25) is 0 Å². The second-order valence-electron chi connectivity index (χ2n) is 4.00. The molecule has 0 aromatic rings. The molecule has 1 aliphatic heterocycles. The maximum absolute atomic E-state index is 9.91. The number of ether oxygens (including phenoxy) is 1. The number of allylic oxidation sites excluding steroid dienone is 1. The summed E-state index contributed by atoms with van der Waals surface area (Å²) in [6.45, 7) is 5.88. The van der Waals surface area contributed by atoms with Crippen LogP contribution in [0.25, 0.3) is 0 Å². The number of hydrogen-bond acceptors (Lipinski definition) is 2. The lowest BCUT2D eigenvalue weighted by molar-refractivity contribution is -0.00322. The molecule has 12 heavy (non-hydrogen) atoms. The predicted molar refractivity (Wildman–Crippen MR) is 46.8 cm³/mol. The zero-order chi connectivity index (χ0) is 8.77. The van der Waals surface area contributed by atoms with Crippen molar-refractivity contribution in [2.24, 2.45) is 5.41 Å². The molecule has 0 radical (unpaired) electrons. The minimum atomic E-state index is -0.259. The van der Waals surface area contributed by atoms with Gasteiger partial charge in [-0.2, -0.15) is 0 Å². The third kappa shape index (κ3) is 0.947. The molecule has 1 N–H and O–H groups in total. The average Bonchev–Trinajstić information content (AvgIpc) is 2.76. The molecule has 0 unspecified atom stereocenters. The van der Waals surface area contributed by atoms with Crippen molar-refractivity contribution < 1.29 is 9.84 Å². The Kier molecular flexibility index (Phi) is 1.77. The van der Waals surface area contributed by atoms with Gasteiger partial charge in [0.15, 0.2) is 0 Å².